The van der Waals surface area contributed by atoms with Crippen molar-refractivity contribution in [3.63, 3.8) is 0 Å². The van der Waals surface area contributed by atoms with Crippen molar-refractivity contribution in [1.82, 2.24) is 25.1 Å². The highest BCUT2D eigenvalue weighted by Gasteiger charge is 2.33. The van der Waals surface area contributed by atoms with Crippen LogP contribution in [0.25, 0.3) is 11.5 Å². The lowest BCUT2D eigenvalue weighted by Crippen LogP contribution is -2.35. The number of aliphatic hydroxyl groups is 1. The molecule has 3 amide bonds. The molecule has 3 aromatic heterocycles. The van der Waals surface area contributed by atoms with E-state index in [4.69, 9.17) is 9.15 Å². The highest BCUT2D eigenvalue weighted by molar-refractivity contribution is 6.06. The number of halogens is 3. The Morgan fingerprint density at radius 1 is 1.35 bits per heavy atom. The van der Waals surface area contributed by atoms with Gasteiger partial charge in [0, 0.05) is 50.4 Å². The number of oxazole rings is 1. The lowest BCUT2D eigenvalue weighted by molar-refractivity contribution is -0.123. The molecule has 3 aromatic rings. The maximum atomic E-state index is 12.8. The van der Waals surface area contributed by atoms with Gasteiger partial charge in [-0.25, -0.2) is 14.8 Å². The van der Waals surface area contributed by atoms with E-state index in [-0.39, 0.29) is 65.9 Å². The Hall–Kier alpha value is -4.47. The first-order valence-corrected chi connectivity index (χ1v) is 10.7. The van der Waals surface area contributed by atoms with Crippen LogP contribution >= 0.6 is 0 Å². The molecule has 0 radical (unpaired) electrons. The van der Waals surface area contributed by atoms with E-state index in [0.717, 1.165) is 6.26 Å². The average molecular weight is 523 g/mol. The number of ether oxygens (including phenoxy) is 1. The Labute approximate surface area is 206 Å². The number of amides is 3. The topological polar surface area (TPSA) is 165 Å². The molecular formula is C21H20F3N7O6. The number of carbonyl (C=O) groups is 3. The first-order valence-electron chi connectivity index (χ1n) is 10.7. The highest BCUT2D eigenvalue weighted by atomic mass is 19.4. The number of carbonyl (C=O) groups excluding carboxylic acids is 3. The van der Waals surface area contributed by atoms with Gasteiger partial charge in [-0.1, -0.05) is 0 Å². The standard InChI is InChI=1S/C21H20F3N7O6/c1-30-7-13(17(29-30)31-6-11(8-32)4-16(31)33)27-18(34)14-9-36-19(28-14)12-2-3-25-15(5-12)37-20(35)26-10-21(22,23)24/h2-3,5,7,9,11,32H,4,6,8,10H2,1H3,(H,26,35)(H,27,34). The molecule has 3 N–H and O–H groups in total. The number of aromatic nitrogens is 4. The number of rotatable bonds is 7. The Balaban J connectivity index is 1.45. The average Bonchev–Trinajstić information content (AvgIpc) is 3.56. The number of hydrogen-bond donors (Lipinski definition) is 3. The van der Waals surface area contributed by atoms with Crippen LogP contribution in [-0.2, 0) is 11.8 Å². The number of hydrogen-bond acceptors (Lipinski definition) is 9. The van der Waals surface area contributed by atoms with Crippen LogP contribution < -0.4 is 20.3 Å². The molecule has 0 spiro atoms. The molecule has 0 aliphatic carbocycles. The number of pyridine rings is 1. The van der Waals surface area contributed by atoms with Crippen molar-refractivity contribution < 1.29 is 41.8 Å². The van der Waals surface area contributed by atoms with Gasteiger partial charge in [0.05, 0.1) is 6.20 Å². The molecule has 4 rings (SSSR count). The Bertz CT molecular complexity index is 1320. The number of alkyl halides is 3. The van der Waals surface area contributed by atoms with Crippen molar-refractivity contribution in [2.45, 2.75) is 12.6 Å². The Morgan fingerprint density at radius 3 is 2.84 bits per heavy atom. The summed E-state index contributed by atoms with van der Waals surface area (Å²) < 4.78 is 48.1. The van der Waals surface area contributed by atoms with E-state index in [1.165, 1.54) is 34.1 Å². The van der Waals surface area contributed by atoms with Crippen LogP contribution in [0.1, 0.15) is 16.9 Å². The smallest absolute Gasteiger partial charge is 0.414 e. The van der Waals surface area contributed by atoms with E-state index < -0.39 is 24.7 Å². The Morgan fingerprint density at radius 2 is 2.14 bits per heavy atom. The zero-order valence-corrected chi connectivity index (χ0v) is 19.2. The molecule has 1 aliphatic heterocycles. The monoisotopic (exact) mass is 523 g/mol. The molecule has 13 nitrogen and oxygen atoms in total. The first kappa shape index (κ1) is 25.6. The minimum Gasteiger partial charge on any atom is -0.444 e. The SMILES string of the molecule is Cn1cc(NC(=O)c2coc(-c3ccnc(OC(=O)NCC(F)(F)F)c3)n2)c(N2CC(CO)CC2=O)n1. The molecule has 16 heteroatoms. The van der Waals surface area contributed by atoms with Crippen molar-refractivity contribution in [2.75, 3.05) is 29.9 Å². The van der Waals surface area contributed by atoms with Gasteiger partial charge >= 0.3 is 12.3 Å². The minimum atomic E-state index is -4.61. The molecule has 0 bridgehead atoms. The van der Waals surface area contributed by atoms with Crippen molar-refractivity contribution in [2.24, 2.45) is 13.0 Å². The fourth-order valence-corrected chi connectivity index (χ4v) is 3.47. The normalized spacial score (nSPS) is 15.6. The third-order valence-corrected chi connectivity index (χ3v) is 5.13. The third kappa shape index (κ3) is 6.21. The van der Waals surface area contributed by atoms with Crippen LogP contribution in [0.4, 0.5) is 29.5 Å². The van der Waals surface area contributed by atoms with Crippen LogP contribution in [0.5, 0.6) is 5.88 Å². The van der Waals surface area contributed by atoms with Crippen molar-refractivity contribution in [3.8, 4) is 17.3 Å². The van der Waals surface area contributed by atoms with Gasteiger partial charge in [-0.15, -0.1) is 0 Å². The summed E-state index contributed by atoms with van der Waals surface area (Å²) in [5, 5.41) is 17.8. The zero-order valence-electron chi connectivity index (χ0n) is 19.2. The van der Waals surface area contributed by atoms with E-state index in [2.05, 4.69) is 20.4 Å². The molecular weight excluding hydrogens is 503 g/mol. The first-order chi connectivity index (χ1) is 17.5. The van der Waals surface area contributed by atoms with Crippen molar-refractivity contribution >= 4 is 29.4 Å². The lowest BCUT2D eigenvalue weighted by atomic mass is 10.1. The van der Waals surface area contributed by atoms with Crippen LogP contribution in [0.15, 0.2) is 35.2 Å². The number of nitrogens with one attached hydrogen (secondary N) is 2. The van der Waals surface area contributed by atoms with E-state index >= 15 is 0 Å². The second-order valence-corrected chi connectivity index (χ2v) is 8.03. The number of aryl methyl sites for hydroxylation is 1. The second kappa shape index (κ2) is 10.3. The minimum absolute atomic E-state index is 0.0555. The lowest BCUT2D eigenvalue weighted by Gasteiger charge is -2.15. The van der Waals surface area contributed by atoms with Crippen LogP contribution in [-0.4, -0.2) is 68.6 Å². The van der Waals surface area contributed by atoms with Gasteiger partial charge in [0.25, 0.3) is 5.91 Å². The molecule has 0 saturated carbocycles. The van der Waals surface area contributed by atoms with Gasteiger partial charge in [0.2, 0.25) is 17.7 Å². The molecule has 196 valence electrons. The maximum absolute atomic E-state index is 12.8. The van der Waals surface area contributed by atoms with Crippen LogP contribution in [0.2, 0.25) is 0 Å². The van der Waals surface area contributed by atoms with Gasteiger partial charge in [-0.2, -0.15) is 18.3 Å². The number of nitrogens with zero attached hydrogens (tertiary/aromatic N) is 5. The fraction of sp³-hybridized carbons (Fsp3) is 0.333. The van der Waals surface area contributed by atoms with Gasteiger partial charge in [0.1, 0.15) is 18.5 Å². The van der Waals surface area contributed by atoms with Crippen LogP contribution in [0.3, 0.4) is 0 Å². The molecule has 0 aromatic carbocycles. The predicted octanol–water partition coefficient (Wildman–Crippen LogP) is 1.72. The maximum Gasteiger partial charge on any atom is 0.414 e. The van der Waals surface area contributed by atoms with E-state index in [1.54, 1.807) is 12.4 Å². The molecule has 1 unspecified atom stereocenters. The highest BCUT2D eigenvalue weighted by Crippen LogP contribution is 2.30. The van der Waals surface area contributed by atoms with E-state index in [9.17, 15) is 32.7 Å². The van der Waals surface area contributed by atoms with Crippen molar-refractivity contribution in [3.05, 3.63) is 36.5 Å². The molecule has 1 atom stereocenters. The summed E-state index contributed by atoms with van der Waals surface area (Å²) in [7, 11) is 1.61. The van der Waals surface area contributed by atoms with Gasteiger partial charge in [-0.3, -0.25) is 19.2 Å². The van der Waals surface area contributed by atoms with Gasteiger partial charge in [-0.05, 0) is 6.07 Å². The second-order valence-electron chi connectivity index (χ2n) is 8.03. The Kier molecular flexibility index (Phi) is 7.10. The van der Waals surface area contributed by atoms with Crippen molar-refractivity contribution in [1.29, 1.82) is 0 Å². The van der Waals surface area contributed by atoms with Gasteiger partial charge in [0.15, 0.2) is 11.5 Å². The summed E-state index contributed by atoms with van der Waals surface area (Å²) in [5.41, 5.74) is 0.342. The summed E-state index contributed by atoms with van der Waals surface area (Å²) in [5.74, 6) is -1.30. The number of aliphatic hydroxyl groups excluding tert-OH is 1. The summed E-state index contributed by atoms with van der Waals surface area (Å²) in [6.45, 7) is -1.47. The van der Waals surface area contributed by atoms with Crippen LogP contribution in [0, 0.1) is 5.92 Å². The quantitative estimate of drug-likeness (QED) is 0.418. The summed E-state index contributed by atoms with van der Waals surface area (Å²) in [6.07, 6.45) is -2.02. The largest absolute Gasteiger partial charge is 0.444 e. The fourth-order valence-electron chi connectivity index (χ4n) is 3.47. The van der Waals surface area contributed by atoms with E-state index in [1.807, 2.05) is 0 Å². The van der Waals surface area contributed by atoms with Gasteiger partial charge < -0.3 is 24.9 Å². The summed E-state index contributed by atoms with van der Waals surface area (Å²) in [4.78, 5) is 45.9. The summed E-state index contributed by atoms with van der Waals surface area (Å²) >= 11 is 0. The van der Waals surface area contributed by atoms with E-state index in [0.29, 0.717) is 0 Å². The zero-order chi connectivity index (χ0) is 26.7. The third-order valence-electron chi connectivity index (χ3n) is 5.13. The predicted molar refractivity (Wildman–Crippen MR) is 119 cm³/mol. The molecule has 37 heavy (non-hydrogen) atoms. The molecule has 1 aliphatic rings. The number of anilines is 2. The summed E-state index contributed by atoms with van der Waals surface area (Å²) in [6, 6.07) is 2.61. The molecule has 1 saturated heterocycles. The molecule has 1 fully saturated rings. The molecule has 4 heterocycles.